The highest BCUT2D eigenvalue weighted by Gasteiger charge is 2.28. The Labute approximate surface area is 120 Å². The maximum atomic E-state index is 11.6. The van der Waals surface area contributed by atoms with E-state index in [2.05, 4.69) is 34.0 Å². The van der Waals surface area contributed by atoms with Crippen molar-refractivity contribution in [2.24, 2.45) is 0 Å². The Morgan fingerprint density at radius 1 is 1.45 bits per heavy atom. The van der Waals surface area contributed by atoms with Gasteiger partial charge in [0.1, 0.15) is 12.1 Å². The molecule has 1 aliphatic heterocycles. The molecule has 0 radical (unpaired) electrons. The molecule has 1 N–H and O–H groups in total. The molecule has 0 saturated carbocycles. The summed E-state index contributed by atoms with van der Waals surface area (Å²) in [7, 11) is 3.57. The smallest absolute Gasteiger partial charge is 0.236 e. The number of aromatic nitrogens is 2. The SMILES string of the molecule is CC(C)c1cc(NC2CN(CC(=O)N(C)C)C2)ncn1. The van der Waals surface area contributed by atoms with Gasteiger partial charge in [0.05, 0.1) is 12.6 Å². The molecule has 1 saturated heterocycles. The zero-order valence-corrected chi connectivity index (χ0v) is 12.6. The van der Waals surface area contributed by atoms with E-state index in [-0.39, 0.29) is 5.91 Å². The lowest BCUT2D eigenvalue weighted by molar-refractivity contribution is -0.130. The van der Waals surface area contributed by atoms with Gasteiger partial charge in [0.25, 0.3) is 0 Å². The monoisotopic (exact) mass is 277 g/mol. The number of likely N-dealkylation sites (N-methyl/N-ethyl adjacent to an activating group) is 1. The number of carbonyl (C=O) groups excluding carboxylic acids is 1. The topological polar surface area (TPSA) is 61.4 Å². The van der Waals surface area contributed by atoms with Crippen LogP contribution in [0.15, 0.2) is 12.4 Å². The molecule has 1 fully saturated rings. The van der Waals surface area contributed by atoms with Crippen molar-refractivity contribution in [3.8, 4) is 0 Å². The minimum Gasteiger partial charge on any atom is -0.365 e. The number of nitrogens with zero attached hydrogens (tertiary/aromatic N) is 4. The van der Waals surface area contributed by atoms with E-state index in [4.69, 9.17) is 0 Å². The van der Waals surface area contributed by atoms with Crippen LogP contribution in [0.3, 0.4) is 0 Å². The molecule has 20 heavy (non-hydrogen) atoms. The number of hydrogen-bond acceptors (Lipinski definition) is 5. The van der Waals surface area contributed by atoms with Gasteiger partial charge in [-0.25, -0.2) is 9.97 Å². The van der Waals surface area contributed by atoms with Gasteiger partial charge in [-0.3, -0.25) is 9.69 Å². The molecule has 2 heterocycles. The average molecular weight is 277 g/mol. The van der Waals surface area contributed by atoms with Gasteiger partial charge in [-0.15, -0.1) is 0 Å². The summed E-state index contributed by atoms with van der Waals surface area (Å²) >= 11 is 0. The van der Waals surface area contributed by atoms with Crippen LogP contribution in [0.2, 0.25) is 0 Å². The highest BCUT2D eigenvalue weighted by molar-refractivity contribution is 5.77. The molecule has 1 amide bonds. The van der Waals surface area contributed by atoms with Gasteiger partial charge in [-0.2, -0.15) is 0 Å². The molecule has 110 valence electrons. The third-order valence-corrected chi connectivity index (χ3v) is 3.45. The van der Waals surface area contributed by atoms with Gasteiger partial charge in [0.2, 0.25) is 5.91 Å². The van der Waals surface area contributed by atoms with Gasteiger partial charge in [-0.05, 0) is 5.92 Å². The van der Waals surface area contributed by atoms with Gasteiger partial charge < -0.3 is 10.2 Å². The summed E-state index contributed by atoms with van der Waals surface area (Å²) in [5, 5.41) is 3.39. The molecule has 6 heteroatoms. The first kappa shape index (κ1) is 14.7. The summed E-state index contributed by atoms with van der Waals surface area (Å²) < 4.78 is 0. The Bertz CT molecular complexity index is 468. The van der Waals surface area contributed by atoms with E-state index in [1.165, 1.54) is 0 Å². The minimum atomic E-state index is 0.146. The van der Waals surface area contributed by atoms with Crippen molar-refractivity contribution in [1.29, 1.82) is 0 Å². The van der Waals surface area contributed by atoms with E-state index in [1.54, 1.807) is 25.3 Å². The van der Waals surface area contributed by atoms with Crippen LogP contribution in [-0.2, 0) is 4.79 Å². The lowest BCUT2D eigenvalue weighted by atomic mass is 10.1. The highest BCUT2D eigenvalue weighted by atomic mass is 16.2. The molecule has 0 spiro atoms. The molecule has 6 nitrogen and oxygen atoms in total. The van der Waals surface area contributed by atoms with Crippen LogP contribution in [0.4, 0.5) is 5.82 Å². The second kappa shape index (κ2) is 6.17. The Morgan fingerprint density at radius 2 is 2.15 bits per heavy atom. The second-order valence-corrected chi connectivity index (χ2v) is 5.81. The van der Waals surface area contributed by atoms with Crippen LogP contribution < -0.4 is 5.32 Å². The normalized spacial score (nSPS) is 16.1. The summed E-state index contributed by atoms with van der Waals surface area (Å²) in [5.41, 5.74) is 1.04. The van der Waals surface area contributed by atoms with E-state index in [0.717, 1.165) is 24.6 Å². The van der Waals surface area contributed by atoms with Gasteiger partial charge in [0, 0.05) is 38.9 Å². The Kier molecular flexibility index (Phi) is 4.54. The maximum absolute atomic E-state index is 11.6. The predicted molar refractivity (Wildman–Crippen MR) is 78.7 cm³/mol. The molecule has 0 aliphatic carbocycles. The lowest BCUT2D eigenvalue weighted by Gasteiger charge is -2.39. The molecule has 0 atom stereocenters. The Morgan fingerprint density at radius 3 is 2.75 bits per heavy atom. The third kappa shape index (κ3) is 3.66. The Hall–Kier alpha value is -1.69. The molecule has 1 aromatic heterocycles. The highest BCUT2D eigenvalue weighted by Crippen LogP contribution is 2.17. The fourth-order valence-electron chi connectivity index (χ4n) is 2.10. The van der Waals surface area contributed by atoms with Crippen molar-refractivity contribution in [1.82, 2.24) is 19.8 Å². The fraction of sp³-hybridized carbons (Fsp3) is 0.643. The number of rotatable bonds is 5. The van der Waals surface area contributed by atoms with Gasteiger partial charge >= 0.3 is 0 Å². The quantitative estimate of drug-likeness (QED) is 0.862. The molecule has 1 aromatic rings. The molecule has 1 aliphatic rings. The molecule has 0 aromatic carbocycles. The van der Waals surface area contributed by atoms with Crippen molar-refractivity contribution < 1.29 is 4.79 Å². The molecular weight excluding hydrogens is 254 g/mol. The van der Waals surface area contributed by atoms with E-state index in [1.807, 2.05) is 6.07 Å². The number of amides is 1. The van der Waals surface area contributed by atoms with E-state index < -0.39 is 0 Å². The third-order valence-electron chi connectivity index (χ3n) is 3.45. The number of carbonyl (C=O) groups is 1. The maximum Gasteiger partial charge on any atom is 0.236 e. The van der Waals surface area contributed by atoms with Crippen molar-refractivity contribution >= 4 is 11.7 Å². The summed E-state index contributed by atoms with van der Waals surface area (Å²) in [6.45, 7) is 6.47. The average Bonchev–Trinajstić information content (AvgIpc) is 2.36. The zero-order chi connectivity index (χ0) is 14.7. The van der Waals surface area contributed by atoms with Crippen LogP contribution in [0.5, 0.6) is 0 Å². The van der Waals surface area contributed by atoms with Gasteiger partial charge in [0.15, 0.2) is 0 Å². The molecular formula is C14H23N5O. The molecule has 0 bridgehead atoms. The summed E-state index contributed by atoms with van der Waals surface area (Å²) in [5.74, 6) is 1.41. The lowest BCUT2D eigenvalue weighted by Crippen LogP contribution is -2.57. The fourth-order valence-corrected chi connectivity index (χ4v) is 2.10. The van der Waals surface area contributed by atoms with E-state index in [9.17, 15) is 4.79 Å². The molecule has 2 rings (SSSR count). The summed E-state index contributed by atoms with van der Waals surface area (Å²) in [6.07, 6.45) is 1.60. The first-order valence-corrected chi connectivity index (χ1v) is 6.96. The van der Waals surface area contributed by atoms with Crippen LogP contribution in [0.1, 0.15) is 25.5 Å². The van der Waals surface area contributed by atoms with Crippen molar-refractivity contribution in [3.63, 3.8) is 0 Å². The summed E-state index contributed by atoms with van der Waals surface area (Å²) in [4.78, 5) is 23.8. The van der Waals surface area contributed by atoms with Crippen LogP contribution in [-0.4, -0.2) is 65.4 Å². The number of nitrogens with one attached hydrogen (secondary N) is 1. The minimum absolute atomic E-state index is 0.146. The zero-order valence-electron chi connectivity index (χ0n) is 12.6. The van der Waals surface area contributed by atoms with Crippen LogP contribution in [0.25, 0.3) is 0 Å². The van der Waals surface area contributed by atoms with E-state index >= 15 is 0 Å². The van der Waals surface area contributed by atoms with Crippen LogP contribution >= 0.6 is 0 Å². The first-order chi connectivity index (χ1) is 9.45. The Balaban J connectivity index is 1.80. The summed E-state index contributed by atoms with van der Waals surface area (Å²) in [6, 6.07) is 2.36. The van der Waals surface area contributed by atoms with E-state index in [0.29, 0.717) is 18.5 Å². The largest absolute Gasteiger partial charge is 0.365 e. The van der Waals surface area contributed by atoms with Crippen LogP contribution in [0, 0.1) is 0 Å². The van der Waals surface area contributed by atoms with Crippen molar-refractivity contribution in [2.75, 3.05) is 39.0 Å². The van der Waals surface area contributed by atoms with Gasteiger partial charge in [-0.1, -0.05) is 13.8 Å². The number of anilines is 1. The first-order valence-electron chi connectivity index (χ1n) is 6.96. The molecule has 0 unspecified atom stereocenters. The number of hydrogen-bond donors (Lipinski definition) is 1. The number of likely N-dealkylation sites (tertiary alicyclic amines) is 1. The van der Waals surface area contributed by atoms with Crippen molar-refractivity contribution in [3.05, 3.63) is 18.1 Å². The van der Waals surface area contributed by atoms with Crippen molar-refractivity contribution in [2.45, 2.75) is 25.8 Å². The second-order valence-electron chi connectivity index (χ2n) is 5.81. The standard InChI is InChI=1S/C14H23N5O/c1-10(2)12-5-13(16-9-15-12)17-11-6-19(7-11)8-14(20)18(3)4/h5,9-11H,6-8H2,1-4H3,(H,15,16,17). The predicted octanol–water partition coefficient (Wildman–Crippen LogP) is 0.784.